The molecule has 5 nitrogen and oxygen atoms in total. The molecule has 0 unspecified atom stereocenters. The molecule has 4 rings (SSSR count). The van der Waals surface area contributed by atoms with Crippen molar-refractivity contribution in [3.8, 4) is 0 Å². The van der Waals surface area contributed by atoms with Gasteiger partial charge in [0.05, 0.1) is 12.2 Å². The Morgan fingerprint density at radius 2 is 2.04 bits per heavy atom. The Bertz CT molecular complexity index is 874. The summed E-state index contributed by atoms with van der Waals surface area (Å²) in [6.07, 6.45) is 7.90. The van der Waals surface area contributed by atoms with Crippen LogP contribution in [0.2, 0.25) is 0 Å². The number of carbonyl (C=O) groups is 1. The lowest BCUT2D eigenvalue weighted by Gasteiger charge is -2.36. The Morgan fingerprint density at radius 1 is 1.21 bits per heavy atom. The van der Waals surface area contributed by atoms with Gasteiger partial charge in [-0.1, -0.05) is 12.1 Å². The summed E-state index contributed by atoms with van der Waals surface area (Å²) in [6.45, 7) is 0.686. The van der Waals surface area contributed by atoms with E-state index in [4.69, 9.17) is 0 Å². The molecule has 1 aromatic carbocycles. The summed E-state index contributed by atoms with van der Waals surface area (Å²) in [5.41, 5.74) is 2.03. The van der Waals surface area contributed by atoms with Gasteiger partial charge in [0, 0.05) is 18.9 Å². The summed E-state index contributed by atoms with van der Waals surface area (Å²) in [7, 11) is 0. The molecule has 3 aromatic rings. The highest BCUT2D eigenvalue weighted by Gasteiger charge is 2.30. The van der Waals surface area contributed by atoms with E-state index in [-0.39, 0.29) is 17.8 Å². The average molecular weight is 324 g/mol. The number of carbonyl (C=O) groups excluding carboxylic acids is 1. The molecule has 0 spiro atoms. The van der Waals surface area contributed by atoms with Gasteiger partial charge in [0.2, 0.25) is 0 Å². The largest absolute Gasteiger partial charge is 0.331 e. The highest BCUT2D eigenvalue weighted by Crippen LogP contribution is 2.32. The van der Waals surface area contributed by atoms with Crippen molar-refractivity contribution in [2.75, 3.05) is 6.54 Å². The van der Waals surface area contributed by atoms with Gasteiger partial charge in [0.1, 0.15) is 11.4 Å². The second-order valence-corrected chi connectivity index (χ2v) is 6.01. The third-order valence-corrected chi connectivity index (χ3v) is 4.53. The number of piperidine rings is 1. The molecule has 6 heteroatoms. The minimum Gasteiger partial charge on any atom is -0.331 e. The van der Waals surface area contributed by atoms with E-state index >= 15 is 0 Å². The van der Waals surface area contributed by atoms with Crippen LogP contribution in [0.15, 0.2) is 48.9 Å². The summed E-state index contributed by atoms with van der Waals surface area (Å²) >= 11 is 0. The number of aromatic nitrogens is 3. The number of hydrogen-bond acceptors (Lipinski definition) is 3. The maximum Gasteiger partial charge on any atom is 0.259 e. The van der Waals surface area contributed by atoms with Crippen molar-refractivity contribution in [2.24, 2.45) is 0 Å². The number of likely N-dealkylation sites (tertiary alicyclic amines) is 1. The van der Waals surface area contributed by atoms with Crippen LogP contribution in [-0.2, 0) is 0 Å². The number of rotatable bonds is 2. The van der Waals surface area contributed by atoms with E-state index in [2.05, 4.69) is 10.1 Å². The lowest BCUT2D eigenvalue weighted by atomic mass is 9.94. The van der Waals surface area contributed by atoms with Crippen LogP contribution >= 0.6 is 0 Å². The standard InChI is InChI=1S/C18H17FN4O/c19-14-7-5-13(6-8-14)16-4-1-2-10-22(16)18(24)15-12-21-23-11-3-9-20-17(15)23/h3,5-9,11-12,16H,1-2,4,10H2/t16-/m0/s1. The molecule has 1 saturated heterocycles. The molecule has 122 valence electrons. The topological polar surface area (TPSA) is 50.5 Å². The molecule has 1 aliphatic heterocycles. The average Bonchev–Trinajstić information content (AvgIpc) is 3.06. The van der Waals surface area contributed by atoms with Crippen molar-refractivity contribution >= 4 is 11.6 Å². The molecule has 2 aromatic heterocycles. The molecule has 0 N–H and O–H groups in total. The van der Waals surface area contributed by atoms with E-state index in [1.807, 2.05) is 4.90 Å². The first-order valence-corrected chi connectivity index (χ1v) is 8.09. The maximum absolute atomic E-state index is 13.2. The molecule has 1 fully saturated rings. The lowest BCUT2D eigenvalue weighted by Crippen LogP contribution is -2.38. The molecule has 0 bridgehead atoms. The van der Waals surface area contributed by atoms with Gasteiger partial charge in [-0.05, 0) is 43.0 Å². The Labute approximate surface area is 138 Å². The molecule has 24 heavy (non-hydrogen) atoms. The quantitative estimate of drug-likeness (QED) is 0.727. The molecule has 0 saturated carbocycles. The summed E-state index contributed by atoms with van der Waals surface area (Å²) in [4.78, 5) is 19.2. The molecule has 1 atom stereocenters. The zero-order valence-electron chi connectivity index (χ0n) is 13.1. The van der Waals surface area contributed by atoms with E-state index in [0.717, 1.165) is 24.8 Å². The summed E-state index contributed by atoms with van der Waals surface area (Å²) in [6, 6.07) is 8.16. The first kappa shape index (κ1) is 14.8. The summed E-state index contributed by atoms with van der Waals surface area (Å²) in [5.74, 6) is -0.336. The van der Waals surface area contributed by atoms with Crippen LogP contribution < -0.4 is 0 Å². The zero-order chi connectivity index (χ0) is 16.5. The van der Waals surface area contributed by atoms with Crippen molar-refractivity contribution in [2.45, 2.75) is 25.3 Å². The number of halogens is 1. The Morgan fingerprint density at radius 3 is 2.88 bits per heavy atom. The monoisotopic (exact) mass is 324 g/mol. The second-order valence-electron chi connectivity index (χ2n) is 6.01. The van der Waals surface area contributed by atoms with Crippen LogP contribution in [0.4, 0.5) is 4.39 Å². The zero-order valence-corrected chi connectivity index (χ0v) is 13.1. The minimum atomic E-state index is -0.265. The lowest BCUT2D eigenvalue weighted by molar-refractivity contribution is 0.0613. The van der Waals surface area contributed by atoms with Crippen LogP contribution in [-0.4, -0.2) is 31.9 Å². The van der Waals surface area contributed by atoms with Crippen LogP contribution in [0.3, 0.4) is 0 Å². The number of fused-ring (bicyclic) bond motifs is 1. The SMILES string of the molecule is O=C(c1cnn2cccnc12)N1CCCC[C@H]1c1ccc(F)cc1. The maximum atomic E-state index is 13.2. The van der Waals surface area contributed by atoms with Crippen LogP contribution in [0.25, 0.3) is 5.65 Å². The van der Waals surface area contributed by atoms with Gasteiger partial charge in [-0.25, -0.2) is 13.9 Å². The van der Waals surface area contributed by atoms with Gasteiger partial charge in [-0.15, -0.1) is 0 Å². The molecule has 1 amide bonds. The van der Waals surface area contributed by atoms with E-state index in [9.17, 15) is 9.18 Å². The Kier molecular flexibility index (Phi) is 3.72. The van der Waals surface area contributed by atoms with Crippen molar-refractivity contribution in [3.63, 3.8) is 0 Å². The predicted octanol–water partition coefficient (Wildman–Crippen LogP) is 3.24. The van der Waals surface area contributed by atoms with E-state index in [1.54, 1.807) is 41.3 Å². The predicted molar refractivity (Wildman–Crippen MR) is 87.0 cm³/mol. The molecule has 0 aliphatic carbocycles. The van der Waals surface area contributed by atoms with Gasteiger partial charge in [0.15, 0.2) is 5.65 Å². The van der Waals surface area contributed by atoms with Crippen molar-refractivity contribution in [3.05, 3.63) is 65.9 Å². The van der Waals surface area contributed by atoms with Crippen molar-refractivity contribution in [1.29, 1.82) is 0 Å². The van der Waals surface area contributed by atoms with E-state index < -0.39 is 0 Å². The first-order chi connectivity index (χ1) is 11.7. The second kappa shape index (κ2) is 6.03. The van der Waals surface area contributed by atoms with E-state index in [1.165, 1.54) is 12.1 Å². The fourth-order valence-corrected chi connectivity index (χ4v) is 3.34. The fourth-order valence-electron chi connectivity index (χ4n) is 3.34. The van der Waals surface area contributed by atoms with Crippen molar-refractivity contribution < 1.29 is 9.18 Å². The third-order valence-electron chi connectivity index (χ3n) is 4.53. The number of hydrogen-bond donors (Lipinski definition) is 0. The van der Waals surface area contributed by atoms with Crippen LogP contribution in [0, 0.1) is 5.82 Å². The fraction of sp³-hybridized carbons (Fsp3) is 0.278. The summed E-state index contributed by atoms with van der Waals surface area (Å²) in [5, 5.41) is 4.20. The smallest absolute Gasteiger partial charge is 0.259 e. The summed E-state index contributed by atoms with van der Waals surface area (Å²) < 4.78 is 14.8. The number of amides is 1. The number of benzene rings is 1. The van der Waals surface area contributed by atoms with Crippen molar-refractivity contribution in [1.82, 2.24) is 19.5 Å². The molecular weight excluding hydrogens is 307 g/mol. The van der Waals surface area contributed by atoms with Gasteiger partial charge in [-0.3, -0.25) is 4.79 Å². The first-order valence-electron chi connectivity index (χ1n) is 8.09. The van der Waals surface area contributed by atoms with Gasteiger partial charge in [-0.2, -0.15) is 5.10 Å². The Hall–Kier alpha value is -2.76. The van der Waals surface area contributed by atoms with Gasteiger partial charge < -0.3 is 4.90 Å². The van der Waals surface area contributed by atoms with Gasteiger partial charge >= 0.3 is 0 Å². The van der Waals surface area contributed by atoms with E-state index in [0.29, 0.717) is 17.8 Å². The molecule has 0 radical (unpaired) electrons. The Balaban J connectivity index is 1.69. The highest BCUT2D eigenvalue weighted by molar-refractivity contribution is 5.99. The van der Waals surface area contributed by atoms with Gasteiger partial charge in [0.25, 0.3) is 5.91 Å². The number of nitrogens with zero attached hydrogens (tertiary/aromatic N) is 4. The molecule has 3 heterocycles. The normalized spacial score (nSPS) is 18.0. The third kappa shape index (κ3) is 2.54. The highest BCUT2D eigenvalue weighted by atomic mass is 19.1. The molecular formula is C18H17FN4O. The van der Waals surface area contributed by atoms with Crippen LogP contribution in [0.1, 0.15) is 41.2 Å². The van der Waals surface area contributed by atoms with Crippen LogP contribution in [0.5, 0.6) is 0 Å². The minimum absolute atomic E-state index is 0.0366. The molecule has 1 aliphatic rings.